The van der Waals surface area contributed by atoms with Crippen LogP contribution in [0.15, 0.2) is 109 Å². The van der Waals surface area contributed by atoms with Crippen LogP contribution in [0.3, 0.4) is 0 Å². The summed E-state index contributed by atoms with van der Waals surface area (Å²) in [6.45, 7) is 4.47. The summed E-state index contributed by atoms with van der Waals surface area (Å²) in [6, 6.07) is 40.5. The van der Waals surface area contributed by atoms with Crippen molar-refractivity contribution >= 4 is 11.3 Å². The second-order valence-corrected chi connectivity index (χ2v) is 15.0. The molecule has 0 N–H and O–H groups in total. The molecule has 0 saturated carbocycles. The minimum absolute atomic E-state index is 1.20. The Morgan fingerprint density at radius 2 is 0.875 bits per heavy atom. The molecule has 1 aromatic heterocycles. The van der Waals surface area contributed by atoms with E-state index in [1.54, 1.807) is 0 Å². The van der Waals surface area contributed by atoms with E-state index in [-0.39, 0.29) is 0 Å². The highest BCUT2D eigenvalue weighted by Gasteiger charge is 2.17. The Hall–Kier alpha value is -3.42. The lowest BCUT2D eigenvalue weighted by Gasteiger charge is -2.19. The van der Waals surface area contributed by atoms with Gasteiger partial charge in [0.25, 0.3) is 0 Å². The zero-order valence-corrected chi connectivity index (χ0v) is 30.6. The summed E-state index contributed by atoms with van der Waals surface area (Å²) in [5.41, 5.74) is 10.3. The Balaban J connectivity index is 1.16. The lowest BCUT2D eigenvalue weighted by Crippen LogP contribution is -1.92. The fraction of sp³-hybridized carbons (Fsp3) is 0.404. The average Bonchev–Trinajstić information content (AvgIpc) is 3.61. The second-order valence-electron chi connectivity index (χ2n) is 13.9. The van der Waals surface area contributed by atoms with Crippen LogP contribution >= 0.6 is 11.3 Å². The van der Waals surface area contributed by atoms with Crippen molar-refractivity contribution in [3.8, 4) is 43.8 Å². The maximum absolute atomic E-state index is 2.43. The van der Waals surface area contributed by atoms with E-state index in [2.05, 4.69) is 123 Å². The molecule has 0 fully saturated rings. The molecular weight excluding hydrogens is 597 g/mol. The minimum atomic E-state index is 1.20. The Labute approximate surface area is 296 Å². The van der Waals surface area contributed by atoms with Gasteiger partial charge in [0.2, 0.25) is 0 Å². The van der Waals surface area contributed by atoms with Crippen molar-refractivity contribution in [2.75, 3.05) is 0 Å². The van der Waals surface area contributed by atoms with Gasteiger partial charge >= 0.3 is 0 Å². The molecule has 0 aliphatic rings. The van der Waals surface area contributed by atoms with Gasteiger partial charge < -0.3 is 0 Å². The fourth-order valence-electron chi connectivity index (χ4n) is 7.02. The van der Waals surface area contributed by atoms with E-state index < -0.39 is 0 Å². The predicted octanol–water partition coefficient (Wildman–Crippen LogP) is 15.5. The molecule has 1 heteroatoms. The number of thiophene rings is 1. The van der Waals surface area contributed by atoms with E-state index in [1.165, 1.54) is 163 Å². The molecule has 1 heterocycles. The minimum Gasteiger partial charge on any atom is -0.140 e. The normalized spacial score (nSPS) is 11.3. The summed E-state index contributed by atoms with van der Waals surface area (Å²) >= 11 is 1.98. The number of rotatable bonds is 21. The van der Waals surface area contributed by atoms with Gasteiger partial charge in [-0.1, -0.05) is 194 Å². The maximum Gasteiger partial charge on any atom is 0.0346 e. The van der Waals surface area contributed by atoms with Crippen LogP contribution in [0, 0.1) is 6.92 Å². The maximum atomic E-state index is 2.43. The Bertz CT molecular complexity index is 1530. The van der Waals surface area contributed by atoms with Crippen LogP contribution < -0.4 is 0 Å². The van der Waals surface area contributed by atoms with Crippen molar-refractivity contribution in [3.63, 3.8) is 0 Å². The molecule has 0 unspecified atom stereocenters. The van der Waals surface area contributed by atoms with Crippen LogP contribution in [0.1, 0.15) is 120 Å². The molecule has 0 aliphatic carbocycles. The van der Waals surface area contributed by atoms with Gasteiger partial charge in [0, 0.05) is 9.75 Å². The first-order valence-corrected chi connectivity index (χ1v) is 20.0. The predicted molar refractivity (Wildman–Crippen MR) is 214 cm³/mol. The van der Waals surface area contributed by atoms with Gasteiger partial charge in [-0.15, -0.1) is 11.3 Å². The third kappa shape index (κ3) is 11.1. The molecule has 0 saturated heterocycles. The van der Waals surface area contributed by atoms with Crippen LogP contribution in [0.4, 0.5) is 0 Å². The molecule has 48 heavy (non-hydrogen) atoms. The number of hydrogen-bond donors (Lipinski definition) is 0. The third-order valence-electron chi connectivity index (χ3n) is 9.87. The first kappa shape index (κ1) is 35.9. The van der Waals surface area contributed by atoms with Crippen molar-refractivity contribution in [1.82, 2.24) is 0 Å². The zero-order valence-electron chi connectivity index (χ0n) is 29.8. The summed E-state index contributed by atoms with van der Waals surface area (Å²) < 4.78 is 0. The van der Waals surface area contributed by atoms with Gasteiger partial charge in [-0.2, -0.15) is 0 Å². The molecule has 0 bridgehead atoms. The van der Waals surface area contributed by atoms with E-state index in [0.717, 1.165) is 0 Å². The van der Waals surface area contributed by atoms with E-state index in [0.29, 0.717) is 0 Å². The molecular formula is C47H58S. The monoisotopic (exact) mass is 654 g/mol. The zero-order chi connectivity index (χ0) is 33.2. The lowest BCUT2D eigenvalue weighted by molar-refractivity contribution is 0.529. The average molecular weight is 655 g/mol. The summed E-state index contributed by atoms with van der Waals surface area (Å²) in [4.78, 5) is 2.88. The van der Waals surface area contributed by atoms with Gasteiger partial charge in [-0.05, 0) is 83.0 Å². The third-order valence-corrected chi connectivity index (χ3v) is 11.1. The van der Waals surface area contributed by atoms with Crippen LogP contribution in [-0.2, 0) is 6.42 Å². The van der Waals surface area contributed by atoms with Gasteiger partial charge in [-0.25, -0.2) is 0 Å². The van der Waals surface area contributed by atoms with Crippen LogP contribution in [0.2, 0.25) is 0 Å². The Morgan fingerprint density at radius 3 is 1.35 bits per heavy atom. The molecule has 252 valence electrons. The highest BCUT2D eigenvalue weighted by atomic mass is 32.1. The lowest BCUT2D eigenvalue weighted by atomic mass is 9.85. The fourth-order valence-corrected chi connectivity index (χ4v) is 8.06. The largest absolute Gasteiger partial charge is 0.140 e. The van der Waals surface area contributed by atoms with Crippen molar-refractivity contribution in [2.45, 2.75) is 123 Å². The molecule has 0 spiro atoms. The first-order valence-electron chi connectivity index (χ1n) is 19.2. The van der Waals surface area contributed by atoms with Crippen LogP contribution in [0.25, 0.3) is 43.8 Å². The van der Waals surface area contributed by atoms with Gasteiger partial charge in [0.05, 0.1) is 0 Å². The summed E-state index contributed by atoms with van der Waals surface area (Å²) in [5.74, 6) is 0. The van der Waals surface area contributed by atoms with Crippen LogP contribution in [-0.4, -0.2) is 0 Å². The smallest absolute Gasteiger partial charge is 0.0346 e. The van der Waals surface area contributed by atoms with E-state index in [4.69, 9.17) is 0 Å². The standard InChI is InChI=1S/C47H58S/c1-3-4-5-6-7-8-9-10-11-12-13-14-15-16-17-24-29-43-34-35-46(48-43)42-36-44(39-25-20-18-21-26-39)47(41-32-30-38(2)31-33-41)45(37-42)40-27-22-19-23-28-40/h18-23,25-28,30-37H,3-17,24,29H2,1-2H3. The molecule has 0 amide bonds. The first-order chi connectivity index (χ1) is 23.7. The summed E-state index contributed by atoms with van der Waals surface area (Å²) in [7, 11) is 0. The summed E-state index contributed by atoms with van der Waals surface area (Å²) in [6.07, 6.45) is 23.9. The van der Waals surface area contributed by atoms with Crippen molar-refractivity contribution < 1.29 is 0 Å². The number of benzene rings is 4. The van der Waals surface area contributed by atoms with Crippen molar-refractivity contribution in [3.05, 3.63) is 120 Å². The SMILES string of the molecule is CCCCCCCCCCCCCCCCCCc1ccc(-c2cc(-c3ccccc3)c(-c3ccc(C)cc3)c(-c3ccccc3)c2)s1. The number of aryl methyl sites for hydroxylation is 2. The van der Waals surface area contributed by atoms with Gasteiger partial charge in [0.15, 0.2) is 0 Å². The molecule has 0 radical (unpaired) electrons. The van der Waals surface area contributed by atoms with E-state index in [9.17, 15) is 0 Å². The topological polar surface area (TPSA) is 0 Å². The van der Waals surface area contributed by atoms with Crippen molar-refractivity contribution in [2.24, 2.45) is 0 Å². The second kappa shape index (κ2) is 20.2. The summed E-state index contributed by atoms with van der Waals surface area (Å²) in [5, 5.41) is 0. The Morgan fingerprint density at radius 1 is 0.417 bits per heavy atom. The van der Waals surface area contributed by atoms with Crippen molar-refractivity contribution in [1.29, 1.82) is 0 Å². The number of hydrogen-bond acceptors (Lipinski definition) is 1. The van der Waals surface area contributed by atoms with E-state index in [1.807, 2.05) is 11.3 Å². The molecule has 5 aromatic rings. The number of unbranched alkanes of at least 4 members (excludes halogenated alkanes) is 15. The highest BCUT2D eigenvalue weighted by molar-refractivity contribution is 7.15. The molecule has 0 atom stereocenters. The molecule has 5 rings (SSSR count). The Kier molecular flexibility index (Phi) is 15.1. The molecule has 0 nitrogen and oxygen atoms in total. The molecule has 4 aromatic carbocycles. The van der Waals surface area contributed by atoms with Gasteiger partial charge in [0.1, 0.15) is 0 Å². The highest BCUT2D eigenvalue weighted by Crippen LogP contribution is 2.44. The quantitative estimate of drug-likeness (QED) is 0.0691. The van der Waals surface area contributed by atoms with Gasteiger partial charge in [-0.3, -0.25) is 0 Å². The van der Waals surface area contributed by atoms with E-state index >= 15 is 0 Å². The molecule has 0 aliphatic heterocycles. The van der Waals surface area contributed by atoms with Crippen LogP contribution in [0.5, 0.6) is 0 Å².